The molecule has 162 valence electrons. The van der Waals surface area contributed by atoms with Crippen molar-refractivity contribution in [3.05, 3.63) is 0 Å². The van der Waals surface area contributed by atoms with Gasteiger partial charge in [0, 0.05) is 13.0 Å². The van der Waals surface area contributed by atoms with Crippen LogP contribution in [0.2, 0.25) is 0 Å². The average molecular weight is 382 g/mol. The number of nitrogens with one attached hydrogen (secondary N) is 1. The van der Waals surface area contributed by atoms with Crippen molar-refractivity contribution in [3.8, 4) is 0 Å². The van der Waals surface area contributed by atoms with Gasteiger partial charge in [0.25, 0.3) is 0 Å². The average Bonchev–Trinajstić information content (AvgIpc) is 2.62. The number of carbonyl (C=O) groups excluding carboxylic acids is 1. The maximum Gasteiger partial charge on any atom is 0.220 e. The smallest absolute Gasteiger partial charge is 0.220 e. The van der Waals surface area contributed by atoms with Crippen LogP contribution in [0.5, 0.6) is 0 Å². The number of unbranched alkanes of at least 4 members (excludes halogenated alkanes) is 15. The van der Waals surface area contributed by atoms with Crippen LogP contribution in [0.1, 0.15) is 143 Å². The van der Waals surface area contributed by atoms with E-state index < -0.39 is 0 Å². The number of hydrogen-bond acceptors (Lipinski definition) is 1. The largest absolute Gasteiger partial charge is 0.356 e. The van der Waals surface area contributed by atoms with Crippen molar-refractivity contribution in [3.63, 3.8) is 0 Å². The summed E-state index contributed by atoms with van der Waals surface area (Å²) in [5.74, 6) is 0.228. The van der Waals surface area contributed by atoms with E-state index in [0.29, 0.717) is 6.42 Å². The first kappa shape index (κ1) is 26.5. The van der Waals surface area contributed by atoms with E-state index in [0.717, 1.165) is 19.4 Å². The van der Waals surface area contributed by atoms with Crippen LogP contribution in [0, 0.1) is 5.41 Å². The fourth-order valence-electron chi connectivity index (χ4n) is 3.48. The second-order valence-electron chi connectivity index (χ2n) is 9.71. The summed E-state index contributed by atoms with van der Waals surface area (Å²) >= 11 is 0. The number of rotatable bonds is 19. The minimum Gasteiger partial charge on any atom is -0.356 e. The van der Waals surface area contributed by atoms with E-state index in [-0.39, 0.29) is 11.3 Å². The quantitative estimate of drug-likeness (QED) is 0.224. The van der Waals surface area contributed by atoms with Gasteiger partial charge in [-0.1, -0.05) is 124 Å². The second-order valence-corrected chi connectivity index (χ2v) is 9.71. The van der Waals surface area contributed by atoms with Crippen molar-refractivity contribution >= 4 is 5.91 Å². The summed E-state index contributed by atoms with van der Waals surface area (Å²) < 4.78 is 0. The van der Waals surface area contributed by atoms with Gasteiger partial charge in [0.2, 0.25) is 5.91 Å². The van der Waals surface area contributed by atoms with E-state index in [1.54, 1.807) is 0 Å². The molecule has 0 aliphatic heterocycles. The Bertz CT molecular complexity index is 319. The summed E-state index contributed by atoms with van der Waals surface area (Å²) in [7, 11) is 0. The van der Waals surface area contributed by atoms with Crippen molar-refractivity contribution in [2.24, 2.45) is 5.41 Å². The molecule has 1 N–H and O–H groups in total. The molecule has 0 bridgehead atoms. The van der Waals surface area contributed by atoms with E-state index in [2.05, 4.69) is 33.0 Å². The van der Waals surface area contributed by atoms with Crippen molar-refractivity contribution in [1.29, 1.82) is 0 Å². The molecular weight excluding hydrogens is 330 g/mol. The molecule has 0 aliphatic rings. The Labute approximate surface area is 171 Å². The summed E-state index contributed by atoms with van der Waals surface area (Å²) in [6, 6.07) is 0. The number of carbonyl (C=O) groups is 1. The normalized spacial score (nSPS) is 11.7. The summed E-state index contributed by atoms with van der Waals surface area (Å²) in [6.07, 6.45) is 23.9. The van der Waals surface area contributed by atoms with Gasteiger partial charge in [0.05, 0.1) is 0 Å². The van der Waals surface area contributed by atoms with Gasteiger partial charge in [0.1, 0.15) is 0 Å². The van der Waals surface area contributed by atoms with Gasteiger partial charge in [-0.05, 0) is 18.3 Å². The zero-order valence-corrected chi connectivity index (χ0v) is 19.3. The van der Waals surface area contributed by atoms with Crippen LogP contribution in [0.15, 0.2) is 0 Å². The topological polar surface area (TPSA) is 29.1 Å². The van der Waals surface area contributed by atoms with E-state index in [1.165, 1.54) is 96.3 Å². The molecule has 1 amide bonds. The minimum atomic E-state index is 0.228. The highest BCUT2D eigenvalue weighted by Crippen LogP contribution is 2.20. The molecule has 0 saturated heterocycles. The Balaban J connectivity index is 3.14. The highest BCUT2D eigenvalue weighted by atomic mass is 16.1. The van der Waals surface area contributed by atoms with Crippen molar-refractivity contribution in [1.82, 2.24) is 5.32 Å². The van der Waals surface area contributed by atoms with Crippen molar-refractivity contribution in [2.45, 2.75) is 143 Å². The van der Waals surface area contributed by atoms with E-state index in [4.69, 9.17) is 0 Å². The van der Waals surface area contributed by atoms with E-state index >= 15 is 0 Å². The van der Waals surface area contributed by atoms with Crippen LogP contribution >= 0.6 is 0 Å². The zero-order valence-electron chi connectivity index (χ0n) is 19.3. The third-order valence-electron chi connectivity index (χ3n) is 5.45. The molecule has 0 aromatic rings. The first-order chi connectivity index (χ1) is 13.0. The Morgan fingerprint density at radius 3 is 1.37 bits per heavy atom. The van der Waals surface area contributed by atoms with Crippen LogP contribution in [0.4, 0.5) is 0 Å². The van der Waals surface area contributed by atoms with Gasteiger partial charge in [-0.25, -0.2) is 0 Å². The maximum atomic E-state index is 11.7. The molecule has 0 aromatic carbocycles. The SMILES string of the molecule is CCCCCCCCCCCCCCCCCCNC(=O)CCC(C)(C)C. The summed E-state index contributed by atoms with van der Waals surface area (Å²) in [6.45, 7) is 9.72. The summed E-state index contributed by atoms with van der Waals surface area (Å²) in [5.41, 5.74) is 0.256. The Kier molecular flexibility index (Phi) is 18.4. The molecule has 0 unspecified atom stereocenters. The van der Waals surface area contributed by atoms with Crippen molar-refractivity contribution < 1.29 is 4.79 Å². The maximum absolute atomic E-state index is 11.7. The second kappa shape index (κ2) is 18.8. The molecule has 0 heterocycles. The van der Waals surface area contributed by atoms with Gasteiger partial charge in [-0.2, -0.15) is 0 Å². The standard InChI is InChI=1S/C25H51NO/c1-5-6-7-8-9-10-11-12-13-14-15-16-17-18-19-20-23-26-24(27)21-22-25(2,3)4/h5-23H2,1-4H3,(H,26,27). The van der Waals surface area contributed by atoms with Crippen LogP contribution < -0.4 is 5.32 Å². The molecule has 27 heavy (non-hydrogen) atoms. The molecule has 0 rings (SSSR count). The molecule has 0 saturated carbocycles. The lowest BCUT2D eigenvalue weighted by Crippen LogP contribution is -2.25. The molecule has 0 atom stereocenters. The number of amides is 1. The highest BCUT2D eigenvalue weighted by molar-refractivity contribution is 5.75. The molecule has 0 aliphatic carbocycles. The van der Waals surface area contributed by atoms with Gasteiger partial charge < -0.3 is 5.32 Å². The Hall–Kier alpha value is -0.530. The monoisotopic (exact) mass is 381 g/mol. The fraction of sp³-hybridized carbons (Fsp3) is 0.960. The van der Waals surface area contributed by atoms with Gasteiger partial charge in [0.15, 0.2) is 0 Å². The summed E-state index contributed by atoms with van der Waals surface area (Å²) in [4.78, 5) is 11.7. The first-order valence-corrected chi connectivity index (χ1v) is 12.2. The Morgan fingerprint density at radius 1 is 0.630 bits per heavy atom. The predicted molar refractivity (Wildman–Crippen MR) is 121 cm³/mol. The first-order valence-electron chi connectivity index (χ1n) is 12.2. The van der Waals surface area contributed by atoms with E-state index in [9.17, 15) is 4.79 Å². The Morgan fingerprint density at radius 2 is 1.00 bits per heavy atom. The number of hydrogen-bond donors (Lipinski definition) is 1. The predicted octanol–water partition coefficient (Wildman–Crippen LogP) is 8.19. The third kappa shape index (κ3) is 23.4. The molecule has 0 fully saturated rings. The van der Waals surface area contributed by atoms with Crippen molar-refractivity contribution in [2.75, 3.05) is 6.54 Å². The molecule has 0 aromatic heterocycles. The third-order valence-corrected chi connectivity index (χ3v) is 5.45. The van der Waals surface area contributed by atoms with Crippen LogP contribution in [0.25, 0.3) is 0 Å². The van der Waals surface area contributed by atoms with Crippen LogP contribution in [-0.2, 0) is 4.79 Å². The lowest BCUT2D eigenvalue weighted by molar-refractivity contribution is -0.121. The van der Waals surface area contributed by atoms with Gasteiger partial charge >= 0.3 is 0 Å². The highest BCUT2D eigenvalue weighted by Gasteiger charge is 2.12. The van der Waals surface area contributed by atoms with Gasteiger partial charge in [-0.15, -0.1) is 0 Å². The molecular formula is C25H51NO. The summed E-state index contributed by atoms with van der Waals surface area (Å²) in [5, 5.41) is 3.07. The molecule has 0 spiro atoms. The lowest BCUT2D eigenvalue weighted by atomic mass is 9.90. The fourth-order valence-corrected chi connectivity index (χ4v) is 3.48. The molecule has 2 nitrogen and oxygen atoms in total. The minimum absolute atomic E-state index is 0.228. The molecule has 2 heteroatoms. The zero-order chi connectivity index (χ0) is 20.2. The lowest BCUT2D eigenvalue weighted by Gasteiger charge is -2.17. The van der Waals surface area contributed by atoms with Gasteiger partial charge in [-0.3, -0.25) is 4.79 Å². The van der Waals surface area contributed by atoms with Crippen LogP contribution in [0.3, 0.4) is 0 Å². The van der Waals surface area contributed by atoms with Crippen LogP contribution in [-0.4, -0.2) is 12.5 Å². The molecule has 0 radical (unpaired) electrons. The van der Waals surface area contributed by atoms with E-state index in [1.807, 2.05) is 0 Å².